The second kappa shape index (κ2) is 7.41. The van der Waals surface area contributed by atoms with Crippen LogP contribution in [0.15, 0.2) is 48.5 Å². The van der Waals surface area contributed by atoms with Crippen molar-refractivity contribution in [3.8, 4) is 11.4 Å². The van der Waals surface area contributed by atoms with Crippen molar-refractivity contribution < 1.29 is 0 Å². The fourth-order valence-corrected chi connectivity index (χ4v) is 4.06. The normalized spacial score (nSPS) is 14.9. The van der Waals surface area contributed by atoms with Crippen molar-refractivity contribution in [2.75, 3.05) is 31.5 Å². The molecule has 0 aliphatic carbocycles. The van der Waals surface area contributed by atoms with Crippen LogP contribution in [-0.2, 0) is 0 Å². The maximum atomic E-state index is 6.20. The van der Waals surface area contributed by atoms with Gasteiger partial charge in [0, 0.05) is 23.5 Å². The monoisotopic (exact) mass is 391 g/mol. The van der Waals surface area contributed by atoms with Gasteiger partial charge < -0.3 is 15.2 Å². The van der Waals surface area contributed by atoms with Crippen LogP contribution in [0.1, 0.15) is 12.8 Å². The van der Waals surface area contributed by atoms with Crippen LogP contribution in [0.3, 0.4) is 0 Å². The summed E-state index contributed by atoms with van der Waals surface area (Å²) in [5.74, 6) is 1.67. The number of pyridine rings is 1. The van der Waals surface area contributed by atoms with Gasteiger partial charge in [-0.1, -0.05) is 23.7 Å². The van der Waals surface area contributed by atoms with E-state index in [2.05, 4.69) is 21.3 Å². The Morgan fingerprint density at radius 2 is 1.86 bits per heavy atom. The van der Waals surface area contributed by atoms with Crippen LogP contribution in [0.5, 0.6) is 0 Å². The zero-order chi connectivity index (χ0) is 18.9. The van der Waals surface area contributed by atoms with E-state index in [1.165, 1.54) is 25.9 Å². The molecule has 0 saturated carbocycles. The lowest BCUT2D eigenvalue weighted by Crippen LogP contribution is -2.26. The number of fused-ring (bicyclic) bond motifs is 2. The van der Waals surface area contributed by atoms with Gasteiger partial charge in [0.05, 0.1) is 22.1 Å². The van der Waals surface area contributed by atoms with Crippen LogP contribution in [0, 0.1) is 0 Å². The van der Waals surface area contributed by atoms with Crippen LogP contribution < -0.4 is 5.32 Å². The minimum Gasteiger partial charge on any atom is -0.368 e. The number of benzene rings is 2. The van der Waals surface area contributed by atoms with Gasteiger partial charge in [-0.05, 0) is 62.3 Å². The topological polar surface area (TPSA) is 56.8 Å². The molecule has 1 aliphatic rings. The molecule has 0 radical (unpaired) electrons. The van der Waals surface area contributed by atoms with Crippen LogP contribution >= 0.6 is 11.6 Å². The van der Waals surface area contributed by atoms with E-state index >= 15 is 0 Å². The molecule has 5 rings (SSSR count). The van der Waals surface area contributed by atoms with Gasteiger partial charge in [-0.15, -0.1) is 0 Å². The standard InChI is InChI=1S/C22H22ClN5/c23-16-7-8-18-15(13-16)14-17(22-26-19-5-1-2-6-20(19)27-22)21(25-18)24-9-12-28-10-3-4-11-28/h1-2,5-8,13-14H,3-4,9-12H2,(H,24,25)(H,26,27). The van der Waals surface area contributed by atoms with E-state index in [0.717, 1.165) is 52.2 Å². The number of hydrogen-bond acceptors (Lipinski definition) is 4. The van der Waals surface area contributed by atoms with Crippen LogP contribution in [0.2, 0.25) is 5.02 Å². The zero-order valence-electron chi connectivity index (χ0n) is 15.6. The fourth-order valence-electron chi connectivity index (χ4n) is 3.88. The van der Waals surface area contributed by atoms with Crippen LogP contribution in [0.25, 0.3) is 33.3 Å². The Labute approximate surface area is 168 Å². The molecular formula is C22H22ClN5. The Kier molecular flexibility index (Phi) is 4.63. The number of hydrogen-bond donors (Lipinski definition) is 2. The van der Waals surface area contributed by atoms with Gasteiger partial charge in [0.1, 0.15) is 11.6 Å². The predicted molar refractivity (Wildman–Crippen MR) is 116 cm³/mol. The lowest BCUT2D eigenvalue weighted by Gasteiger charge is -2.16. The van der Waals surface area contributed by atoms with Crippen molar-refractivity contribution in [1.29, 1.82) is 0 Å². The lowest BCUT2D eigenvalue weighted by molar-refractivity contribution is 0.352. The molecule has 142 valence electrons. The number of nitrogens with one attached hydrogen (secondary N) is 2. The molecule has 1 fully saturated rings. The first-order chi connectivity index (χ1) is 13.8. The molecule has 1 aliphatic heterocycles. The van der Waals surface area contributed by atoms with Gasteiger partial charge in [-0.2, -0.15) is 0 Å². The van der Waals surface area contributed by atoms with Crippen molar-refractivity contribution >= 4 is 39.4 Å². The van der Waals surface area contributed by atoms with Gasteiger partial charge in [0.15, 0.2) is 0 Å². The van der Waals surface area contributed by atoms with Gasteiger partial charge in [0.25, 0.3) is 0 Å². The van der Waals surface area contributed by atoms with Crippen molar-refractivity contribution in [2.24, 2.45) is 0 Å². The van der Waals surface area contributed by atoms with E-state index in [9.17, 15) is 0 Å². The van der Waals surface area contributed by atoms with Crippen molar-refractivity contribution in [1.82, 2.24) is 19.9 Å². The Morgan fingerprint density at radius 3 is 2.71 bits per heavy atom. The highest BCUT2D eigenvalue weighted by molar-refractivity contribution is 6.31. The molecule has 0 atom stereocenters. The first-order valence-electron chi connectivity index (χ1n) is 9.78. The van der Waals surface area contributed by atoms with E-state index in [0.29, 0.717) is 5.02 Å². The van der Waals surface area contributed by atoms with Crippen LogP contribution in [-0.4, -0.2) is 46.0 Å². The maximum absolute atomic E-state index is 6.20. The number of rotatable bonds is 5. The molecule has 0 amide bonds. The highest BCUT2D eigenvalue weighted by atomic mass is 35.5. The number of imidazole rings is 1. The third kappa shape index (κ3) is 3.43. The highest BCUT2D eigenvalue weighted by Crippen LogP contribution is 2.31. The molecular weight excluding hydrogens is 370 g/mol. The summed E-state index contributed by atoms with van der Waals surface area (Å²) in [6.45, 7) is 4.28. The first-order valence-corrected chi connectivity index (χ1v) is 10.2. The molecule has 0 bridgehead atoms. The van der Waals surface area contributed by atoms with Crippen molar-refractivity contribution in [3.05, 3.63) is 53.6 Å². The third-order valence-electron chi connectivity index (χ3n) is 5.34. The molecule has 3 heterocycles. The summed E-state index contributed by atoms with van der Waals surface area (Å²) in [5, 5.41) is 5.26. The van der Waals surface area contributed by atoms with Gasteiger partial charge in [-0.3, -0.25) is 0 Å². The Bertz CT molecular complexity index is 1100. The lowest BCUT2D eigenvalue weighted by atomic mass is 10.1. The SMILES string of the molecule is Clc1ccc2nc(NCCN3CCCC3)c(-c3nc4ccccc4[nH]3)cc2c1. The quantitative estimate of drug-likeness (QED) is 0.506. The number of halogens is 1. The summed E-state index contributed by atoms with van der Waals surface area (Å²) in [6, 6.07) is 16.0. The second-order valence-corrected chi connectivity index (χ2v) is 7.74. The number of anilines is 1. The Morgan fingerprint density at radius 1 is 1.00 bits per heavy atom. The van der Waals surface area contributed by atoms with E-state index in [-0.39, 0.29) is 0 Å². The van der Waals surface area contributed by atoms with E-state index in [4.69, 9.17) is 21.6 Å². The minimum atomic E-state index is 0.708. The number of likely N-dealkylation sites (tertiary alicyclic amines) is 1. The second-order valence-electron chi connectivity index (χ2n) is 7.30. The minimum absolute atomic E-state index is 0.708. The van der Waals surface area contributed by atoms with E-state index < -0.39 is 0 Å². The fraction of sp³-hybridized carbons (Fsp3) is 0.273. The van der Waals surface area contributed by atoms with Crippen LogP contribution in [0.4, 0.5) is 5.82 Å². The molecule has 4 aromatic rings. The Hall–Kier alpha value is -2.63. The average Bonchev–Trinajstić information content (AvgIpc) is 3.37. The molecule has 2 aromatic heterocycles. The first kappa shape index (κ1) is 17.5. The molecule has 2 aromatic carbocycles. The van der Waals surface area contributed by atoms with Crippen molar-refractivity contribution in [3.63, 3.8) is 0 Å². The molecule has 2 N–H and O–H groups in total. The largest absolute Gasteiger partial charge is 0.368 e. The molecule has 1 saturated heterocycles. The summed E-state index contributed by atoms with van der Waals surface area (Å²) < 4.78 is 0. The summed E-state index contributed by atoms with van der Waals surface area (Å²) in [5.41, 5.74) is 3.86. The smallest absolute Gasteiger partial charge is 0.142 e. The average molecular weight is 392 g/mol. The highest BCUT2D eigenvalue weighted by Gasteiger charge is 2.15. The predicted octanol–water partition coefficient (Wildman–Crippen LogP) is 4.94. The van der Waals surface area contributed by atoms with E-state index in [1.54, 1.807) is 0 Å². The van der Waals surface area contributed by atoms with Crippen molar-refractivity contribution in [2.45, 2.75) is 12.8 Å². The summed E-state index contributed by atoms with van der Waals surface area (Å²) in [6.07, 6.45) is 2.61. The summed E-state index contributed by atoms with van der Waals surface area (Å²) in [7, 11) is 0. The summed E-state index contributed by atoms with van der Waals surface area (Å²) in [4.78, 5) is 15.6. The molecule has 0 unspecified atom stereocenters. The number of H-pyrrole nitrogens is 1. The summed E-state index contributed by atoms with van der Waals surface area (Å²) >= 11 is 6.20. The number of para-hydroxylation sites is 2. The Balaban J connectivity index is 1.53. The van der Waals surface area contributed by atoms with E-state index in [1.807, 2.05) is 42.5 Å². The number of aromatic amines is 1. The zero-order valence-corrected chi connectivity index (χ0v) is 16.3. The van der Waals surface area contributed by atoms with Gasteiger partial charge in [0.2, 0.25) is 0 Å². The number of nitrogens with zero attached hydrogens (tertiary/aromatic N) is 3. The third-order valence-corrected chi connectivity index (χ3v) is 5.58. The number of aromatic nitrogens is 3. The van der Waals surface area contributed by atoms with Gasteiger partial charge >= 0.3 is 0 Å². The van der Waals surface area contributed by atoms with Gasteiger partial charge in [-0.25, -0.2) is 9.97 Å². The molecule has 0 spiro atoms. The molecule has 28 heavy (non-hydrogen) atoms. The maximum Gasteiger partial charge on any atom is 0.142 e. The molecule has 5 nitrogen and oxygen atoms in total. The molecule has 6 heteroatoms.